The molecule has 0 bridgehead atoms. The standard InChI is InChI=1S/C23H18N4O4/c28-23(20-7-4-10-29-20)25-24-14-17-15-27(18-5-2-1-3-6-18)26-22(17)16-8-9-19-21(13-16)31-12-11-30-19/h1-10,13-15H,11-12H2,(H,25,28)/b24-14-. The van der Waals surface area contributed by atoms with E-state index in [1.165, 1.54) is 6.26 Å². The topological polar surface area (TPSA) is 90.9 Å². The summed E-state index contributed by atoms with van der Waals surface area (Å²) in [6.07, 6.45) is 4.84. The highest BCUT2D eigenvalue weighted by Crippen LogP contribution is 2.35. The molecule has 0 spiro atoms. The maximum atomic E-state index is 12.1. The second-order valence-electron chi connectivity index (χ2n) is 6.75. The molecule has 0 atom stereocenters. The first-order chi connectivity index (χ1) is 15.3. The minimum Gasteiger partial charge on any atom is -0.486 e. The number of rotatable bonds is 5. The van der Waals surface area contributed by atoms with Crippen molar-refractivity contribution < 1.29 is 18.7 Å². The molecule has 0 radical (unpaired) electrons. The zero-order chi connectivity index (χ0) is 21.0. The van der Waals surface area contributed by atoms with Gasteiger partial charge in [0.25, 0.3) is 0 Å². The first kappa shape index (κ1) is 18.7. The lowest BCUT2D eigenvalue weighted by atomic mass is 10.1. The normalized spacial score (nSPS) is 12.8. The Morgan fingerprint density at radius 3 is 2.68 bits per heavy atom. The van der Waals surface area contributed by atoms with Gasteiger partial charge in [-0.25, -0.2) is 10.1 Å². The summed E-state index contributed by atoms with van der Waals surface area (Å²) in [7, 11) is 0. The van der Waals surface area contributed by atoms with Gasteiger partial charge >= 0.3 is 5.91 Å². The number of benzene rings is 2. The number of para-hydroxylation sites is 1. The molecule has 2 aromatic heterocycles. The fourth-order valence-corrected chi connectivity index (χ4v) is 3.23. The van der Waals surface area contributed by atoms with Crippen molar-refractivity contribution in [2.75, 3.05) is 13.2 Å². The number of amides is 1. The van der Waals surface area contributed by atoms with Gasteiger partial charge in [-0.3, -0.25) is 4.79 Å². The van der Waals surface area contributed by atoms with Crippen molar-refractivity contribution >= 4 is 12.1 Å². The predicted molar refractivity (Wildman–Crippen MR) is 114 cm³/mol. The van der Waals surface area contributed by atoms with E-state index in [1.807, 2.05) is 54.7 Å². The Labute approximate surface area is 177 Å². The average molecular weight is 414 g/mol. The highest BCUT2D eigenvalue weighted by molar-refractivity contribution is 5.93. The van der Waals surface area contributed by atoms with Gasteiger partial charge in [0.15, 0.2) is 17.3 Å². The summed E-state index contributed by atoms with van der Waals surface area (Å²) in [6, 6.07) is 18.6. The number of carbonyl (C=O) groups excluding carboxylic acids is 1. The smallest absolute Gasteiger partial charge is 0.307 e. The molecule has 154 valence electrons. The number of furan rings is 1. The number of hydrogen-bond donors (Lipinski definition) is 1. The summed E-state index contributed by atoms with van der Waals surface area (Å²) in [4.78, 5) is 12.1. The zero-order valence-corrected chi connectivity index (χ0v) is 16.4. The van der Waals surface area contributed by atoms with Crippen LogP contribution < -0.4 is 14.9 Å². The SMILES string of the molecule is O=C(N/N=C\c1cn(-c2ccccc2)nc1-c1ccc2c(c1)OCCO2)c1ccco1. The third-order valence-corrected chi connectivity index (χ3v) is 4.69. The van der Waals surface area contributed by atoms with Gasteiger partial charge in [0, 0.05) is 17.3 Å². The highest BCUT2D eigenvalue weighted by atomic mass is 16.6. The summed E-state index contributed by atoms with van der Waals surface area (Å²) >= 11 is 0. The molecular formula is C23H18N4O4. The lowest BCUT2D eigenvalue weighted by molar-refractivity contribution is 0.0927. The van der Waals surface area contributed by atoms with Gasteiger partial charge in [-0.05, 0) is 42.5 Å². The van der Waals surface area contributed by atoms with Crippen molar-refractivity contribution in [3.05, 3.63) is 84.4 Å². The molecule has 3 heterocycles. The summed E-state index contributed by atoms with van der Waals surface area (Å²) in [6.45, 7) is 1.03. The molecule has 1 amide bonds. The Hall–Kier alpha value is -4.33. The van der Waals surface area contributed by atoms with Crippen LogP contribution in [0.1, 0.15) is 16.1 Å². The first-order valence-electron chi connectivity index (χ1n) is 9.70. The van der Waals surface area contributed by atoms with Crippen molar-refractivity contribution in [3.63, 3.8) is 0 Å². The molecule has 1 N–H and O–H groups in total. The van der Waals surface area contributed by atoms with Crippen LogP contribution in [-0.4, -0.2) is 35.1 Å². The molecule has 2 aromatic carbocycles. The van der Waals surface area contributed by atoms with Crippen molar-refractivity contribution in [2.45, 2.75) is 0 Å². The van der Waals surface area contributed by atoms with Gasteiger partial charge in [0.2, 0.25) is 0 Å². The fraction of sp³-hybridized carbons (Fsp3) is 0.0870. The molecule has 0 saturated carbocycles. The molecule has 8 heteroatoms. The molecule has 0 aliphatic carbocycles. The summed E-state index contributed by atoms with van der Waals surface area (Å²) in [5.74, 6) is 1.13. The van der Waals surface area contributed by atoms with Gasteiger partial charge in [-0.15, -0.1) is 0 Å². The zero-order valence-electron chi connectivity index (χ0n) is 16.4. The minimum absolute atomic E-state index is 0.184. The largest absolute Gasteiger partial charge is 0.486 e. The van der Waals surface area contributed by atoms with Crippen LogP contribution in [0.15, 0.2) is 82.6 Å². The van der Waals surface area contributed by atoms with Gasteiger partial charge < -0.3 is 13.9 Å². The second kappa shape index (κ2) is 8.19. The highest BCUT2D eigenvalue weighted by Gasteiger charge is 2.17. The van der Waals surface area contributed by atoms with Crippen molar-refractivity contribution in [1.29, 1.82) is 0 Å². The van der Waals surface area contributed by atoms with Gasteiger partial charge in [-0.1, -0.05) is 18.2 Å². The Morgan fingerprint density at radius 2 is 1.87 bits per heavy atom. The van der Waals surface area contributed by atoms with Crippen molar-refractivity contribution in [1.82, 2.24) is 15.2 Å². The second-order valence-corrected chi connectivity index (χ2v) is 6.75. The Balaban J connectivity index is 1.49. The molecule has 0 fully saturated rings. The van der Waals surface area contributed by atoms with Crippen LogP contribution in [-0.2, 0) is 0 Å². The van der Waals surface area contributed by atoms with Crippen LogP contribution >= 0.6 is 0 Å². The number of hydrogen-bond acceptors (Lipinski definition) is 6. The summed E-state index contributed by atoms with van der Waals surface area (Å²) in [5, 5.41) is 8.83. The maximum Gasteiger partial charge on any atom is 0.307 e. The van der Waals surface area contributed by atoms with Crippen LogP contribution in [0.2, 0.25) is 0 Å². The molecule has 4 aromatic rings. The summed E-state index contributed by atoms with van der Waals surface area (Å²) < 4.78 is 18.2. The lowest BCUT2D eigenvalue weighted by Crippen LogP contribution is -2.16. The quantitative estimate of drug-likeness (QED) is 0.398. The van der Waals surface area contributed by atoms with Crippen LogP contribution in [0, 0.1) is 0 Å². The molecule has 8 nitrogen and oxygen atoms in total. The Kier molecular flexibility index (Phi) is 4.94. The van der Waals surface area contributed by atoms with Gasteiger partial charge in [0.1, 0.15) is 18.9 Å². The number of fused-ring (bicyclic) bond motifs is 1. The van der Waals surface area contributed by atoms with E-state index in [-0.39, 0.29) is 5.76 Å². The number of aromatic nitrogens is 2. The average Bonchev–Trinajstić information content (AvgIpc) is 3.50. The molecule has 1 aliphatic heterocycles. The number of carbonyl (C=O) groups is 1. The molecule has 0 unspecified atom stereocenters. The van der Waals surface area contributed by atoms with E-state index in [4.69, 9.17) is 19.0 Å². The maximum absolute atomic E-state index is 12.1. The molecular weight excluding hydrogens is 396 g/mol. The van der Waals surface area contributed by atoms with Gasteiger partial charge in [0.05, 0.1) is 18.2 Å². The van der Waals surface area contributed by atoms with E-state index in [1.54, 1.807) is 23.0 Å². The van der Waals surface area contributed by atoms with E-state index in [0.717, 1.165) is 16.8 Å². The monoisotopic (exact) mass is 414 g/mol. The van der Waals surface area contributed by atoms with E-state index >= 15 is 0 Å². The molecule has 5 rings (SSSR count). The molecule has 0 saturated heterocycles. The van der Waals surface area contributed by atoms with Crippen LogP contribution in [0.5, 0.6) is 11.5 Å². The van der Waals surface area contributed by atoms with Crippen LogP contribution in [0.25, 0.3) is 16.9 Å². The minimum atomic E-state index is -0.433. The number of ether oxygens (including phenoxy) is 2. The van der Waals surface area contributed by atoms with Crippen molar-refractivity contribution in [2.24, 2.45) is 5.10 Å². The van der Waals surface area contributed by atoms with Crippen LogP contribution in [0.4, 0.5) is 0 Å². The van der Waals surface area contributed by atoms with E-state index < -0.39 is 5.91 Å². The third-order valence-electron chi connectivity index (χ3n) is 4.69. The number of nitrogens with one attached hydrogen (secondary N) is 1. The third kappa shape index (κ3) is 3.91. The fourth-order valence-electron chi connectivity index (χ4n) is 3.23. The lowest BCUT2D eigenvalue weighted by Gasteiger charge is -2.18. The van der Waals surface area contributed by atoms with E-state index in [9.17, 15) is 4.79 Å². The van der Waals surface area contributed by atoms with E-state index in [2.05, 4.69) is 10.5 Å². The molecule has 31 heavy (non-hydrogen) atoms. The van der Waals surface area contributed by atoms with Crippen molar-refractivity contribution in [3.8, 4) is 28.4 Å². The molecule has 1 aliphatic rings. The van der Waals surface area contributed by atoms with E-state index in [0.29, 0.717) is 30.4 Å². The first-order valence-corrected chi connectivity index (χ1v) is 9.70. The Morgan fingerprint density at radius 1 is 1.03 bits per heavy atom. The number of hydrazone groups is 1. The predicted octanol–water partition coefficient (Wildman–Crippen LogP) is 3.67. The Bertz CT molecular complexity index is 1230. The summed E-state index contributed by atoms with van der Waals surface area (Å²) in [5.41, 5.74) is 5.63. The number of nitrogens with zero attached hydrogens (tertiary/aromatic N) is 3. The van der Waals surface area contributed by atoms with Gasteiger partial charge in [-0.2, -0.15) is 10.2 Å². The van der Waals surface area contributed by atoms with Crippen LogP contribution in [0.3, 0.4) is 0 Å².